The van der Waals surface area contributed by atoms with Crippen LogP contribution in [0.15, 0.2) is 18.5 Å². The van der Waals surface area contributed by atoms with Crippen molar-refractivity contribution in [2.24, 2.45) is 0 Å². The molecule has 0 saturated heterocycles. The molecule has 1 aromatic rings. The minimum atomic E-state index is -0.493. The number of carbonyl (C=O) groups excluding carboxylic acids is 1. The molecular weight excluding hydrogens is 272 g/mol. The van der Waals surface area contributed by atoms with E-state index in [4.69, 9.17) is 4.74 Å². The van der Waals surface area contributed by atoms with Gasteiger partial charge < -0.3 is 8.66 Å². The van der Waals surface area contributed by atoms with Gasteiger partial charge in [-0.1, -0.05) is 0 Å². The molecule has 0 amide bonds. The number of rotatable bonds is 2. The molecule has 4 nitrogen and oxygen atoms in total. The van der Waals surface area contributed by atoms with E-state index in [0.717, 1.165) is 5.69 Å². The van der Waals surface area contributed by atoms with E-state index < -0.39 is 5.60 Å². The Kier molecular flexibility index (Phi) is 3.91. The average molecular weight is 287 g/mol. The first-order chi connectivity index (χ1) is 7.29. The fraction of sp³-hybridized carbons (Fsp3) is 0.455. The molecule has 0 fully saturated rings. The molecule has 1 aromatic heterocycles. The molecule has 0 atom stereocenters. The van der Waals surface area contributed by atoms with Crippen LogP contribution >= 0.6 is 16.1 Å². The van der Waals surface area contributed by atoms with Gasteiger partial charge in [-0.2, -0.15) is 0 Å². The van der Waals surface area contributed by atoms with Gasteiger partial charge in [0.15, 0.2) is 0 Å². The SMILES string of the molecule is CN(Br)c1cncc(C(=O)OC(C)(C)C)c1. The lowest BCUT2D eigenvalue weighted by Crippen LogP contribution is -2.24. The Morgan fingerprint density at radius 2 is 2.06 bits per heavy atom. The smallest absolute Gasteiger partial charge is 0.340 e. The maximum Gasteiger partial charge on any atom is 0.340 e. The van der Waals surface area contributed by atoms with Crippen LogP contribution in [0.25, 0.3) is 0 Å². The zero-order chi connectivity index (χ0) is 12.3. The van der Waals surface area contributed by atoms with Crippen molar-refractivity contribution in [3.05, 3.63) is 24.0 Å². The molecule has 1 heterocycles. The van der Waals surface area contributed by atoms with E-state index in [1.807, 2.05) is 27.8 Å². The zero-order valence-corrected chi connectivity index (χ0v) is 11.4. The molecule has 0 spiro atoms. The van der Waals surface area contributed by atoms with Gasteiger partial charge in [-0.05, 0) is 26.8 Å². The van der Waals surface area contributed by atoms with Crippen molar-refractivity contribution in [2.75, 3.05) is 11.0 Å². The predicted molar refractivity (Wildman–Crippen MR) is 66.7 cm³/mol. The van der Waals surface area contributed by atoms with Gasteiger partial charge in [0.05, 0.1) is 17.4 Å². The Balaban J connectivity index is 2.88. The van der Waals surface area contributed by atoms with Crippen molar-refractivity contribution in [1.29, 1.82) is 0 Å². The molecule has 0 aliphatic heterocycles. The number of hydrogen-bond acceptors (Lipinski definition) is 4. The summed E-state index contributed by atoms with van der Waals surface area (Å²) in [7, 11) is 1.82. The van der Waals surface area contributed by atoms with Gasteiger partial charge in [0, 0.05) is 29.4 Å². The fourth-order valence-corrected chi connectivity index (χ4v) is 1.24. The lowest BCUT2D eigenvalue weighted by molar-refractivity contribution is 0.00691. The Morgan fingerprint density at radius 1 is 1.44 bits per heavy atom. The number of hydrogen-bond donors (Lipinski definition) is 0. The van der Waals surface area contributed by atoms with Gasteiger partial charge in [0.25, 0.3) is 0 Å². The molecule has 0 aliphatic carbocycles. The summed E-state index contributed by atoms with van der Waals surface area (Å²) in [4.78, 5) is 15.7. The third kappa shape index (κ3) is 3.81. The highest BCUT2D eigenvalue weighted by Crippen LogP contribution is 2.18. The van der Waals surface area contributed by atoms with Crippen LogP contribution in [0.3, 0.4) is 0 Å². The molecule has 0 unspecified atom stereocenters. The van der Waals surface area contributed by atoms with E-state index in [2.05, 4.69) is 21.1 Å². The summed E-state index contributed by atoms with van der Waals surface area (Å²) in [5, 5.41) is 0. The van der Waals surface area contributed by atoms with Gasteiger partial charge in [-0.15, -0.1) is 0 Å². The summed E-state index contributed by atoms with van der Waals surface area (Å²) in [6.07, 6.45) is 3.15. The molecule has 16 heavy (non-hydrogen) atoms. The van der Waals surface area contributed by atoms with E-state index in [9.17, 15) is 4.79 Å². The van der Waals surface area contributed by atoms with Crippen LogP contribution in [0.2, 0.25) is 0 Å². The van der Waals surface area contributed by atoms with Gasteiger partial charge in [0.2, 0.25) is 0 Å². The summed E-state index contributed by atoms with van der Waals surface area (Å²) in [6, 6.07) is 1.72. The summed E-state index contributed by atoms with van der Waals surface area (Å²) in [5.74, 6) is -0.365. The van der Waals surface area contributed by atoms with Gasteiger partial charge >= 0.3 is 5.97 Å². The van der Waals surface area contributed by atoms with Gasteiger partial charge in [-0.25, -0.2) is 4.79 Å². The molecule has 5 heteroatoms. The Bertz CT molecular complexity index is 386. The van der Waals surface area contributed by atoms with E-state index >= 15 is 0 Å². The van der Waals surface area contributed by atoms with Crippen molar-refractivity contribution < 1.29 is 9.53 Å². The number of esters is 1. The van der Waals surface area contributed by atoms with Crippen molar-refractivity contribution in [1.82, 2.24) is 4.98 Å². The van der Waals surface area contributed by atoms with Gasteiger partial charge in [0.1, 0.15) is 5.60 Å². The second-order valence-corrected chi connectivity index (χ2v) is 5.47. The highest BCUT2D eigenvalue weighted by atomic mass is 79.9. The third-order valence-corrected chi connectivity index (χ3v) is 2.12. The van der Waals surface area contributed by atoms with Gasteiger partial charge in [-0.3, -0.25) is 4.98 Å². The van der Waals surface area contributed by atoms with E-state index in [1.54, 1.807) is 16.2 Å². The molecule has 0 radical (unpaired) electrons. The van der Waals surface area contributed by atoms with Crippen LogP contribution in [0.4, 0.5) is 5.69 Å². The van der Waals surface area contributed by atoms with Crippen molar-refractivity contribution in [3.8, 4) is 0 Å². The number of pyridine rings is 1. The molecule has 1 rings (SSSR count). The Labute approximate surface area is 104 Å². The van der Waals surface area contributed by atoms with Crippen LogP contribution in [0, 0.1) is 0 Å². The molecule has 0 saturated carbocycles. The maximum absolute atomic E-state index is 11.7. The van der Waals surface area contributed by atoms with Crippen LogP contribution in [-0.2, 0) is 4.74 Å². The third-order valence-electron chi connectivity index (χ3n) is 1.71. The standard InChI is InChI=1S/C11H15BrN2O2/c1-11(2,3)16-10(15)8-5-9(14(4)12)7-13-6-8/h5-7H,1-4H3. The molecule has 0 N–H and O–H groups in total. The largest absolute Gasteiger partial charge is 0.456 e. The van der Waals surface area contributed by atoms with Crippen LogP contribution in [0.1, 0.15) is 31.1 Å². The maximum atomic E-state index is 11.7. The first kappa shape index (κ1) is 13.0. The first-order valence-electron chi connectivity index (χ1n) is 4.87. The van der Waals surface area contributed by atoms with E-state index in [-0.39, 0.29) is 5.97 Å². The number of halogens is 1. The summed E-state index contributed by atoms with van der Waals surface area (Å²) >= 11 is 3.27. The lowest BCUT2D eigenvalue weighted by atomic mass is 10.2. The number of nitrogens with zero attached hydrogens (tertiary/aromatic N) is 2. The van der Waals surface area contributed by atoms with Crippen molar-refractivity contribution in [2.45, 2.75) is 26.4 Å². The van der Waals surface area contributed by atoms with Crippen LogP contribution in [-0.4, -0.2) is 23.6 Å². The van der Waals surface area contributed by atoms with Crippen LogP contribution in [0.5, 0.6) is 0 Å². The lowest BCUT2D eigenvalue weighted by Gasteiger charge is -2.19. The fourth-order valence-electron chi connectivity index (χ4n) is 1.04. The molecule has 0 aliphatic rings. The number of ether oxygens (including phenoxy) is 1. The topological polar surface area (TPSA) is 42.4 Å². The zero-order valence-electron chi connectivity index (χ0n) is 9.82. The molecule has 0 bridgehead atoms. The molecular formula is C11H15BrN2O2. The first-order valence-corrected chi connectivity index (χ1v) is 5.58. The van der Waals surface area contributed by atoms with Crippen molar-refractivity contribution >= 4 is 27.8 Å². The number of aromatic nitrogens is 1. The van der Waals surface area contributed by atoms with E-state index in [0.29, 0.717) is 5.56 Å². The second-order valence-electron chi connectivity index (χ2n) is 4.41. The summed E-state index contributed by atoms with van der Waals surface area (Å²) in [5.41, 5.74) is 0.745. The predicted octanol–water partition coefficient (Wildman–Crippen LogP) is 2.78. The second kappa shape index (κ2) is 4.82. The highest BCUT2D eigenvalue weighted by Gasteiger charge is 2.18. The summed E-state index contributed by atoms with van der Waals surface area (Å²) in [6.45, 7) is 5.50. The normalized spacial score (nSPS) is 11.1. The summed E-state index contributed by atoms with van der Waals surface area (Å²) < 4.78 is 6.95. The number of anilines is 1. The Morgan fingerprint density at radius 3 is 2.56 bits per heavy atom. The number of carbonyl (C=O) groups is 1. The molecule has 88 valence electrons. The Hall–Kier alpha value is -1.10. The monoisotopic (exact) mass is 286 g/mol. The average Bonchev–Trinajstić information content (AvgIpc) is 2.15. The molecule has 0 aromatic carbocycles. The van der Waals surface area contributed by atoms with E-state index in [1.165, 1.54) is 6.20 Å². The minimum Gasteiger partial charge on any atom is -0.456 e. The quantitative estimate of drug-likeness (QED) is 0.619. The highest BCUT2D eigenvalue weighted by molar-refractivity contribution is 9.10. The minimum absolute atomic E-state index is 0.365. The van der Waals surface area contributed by atoms with Crippen LogP contribution < -0.4 is 3.93 Å². The van der Waals surface area contributed by atoms with Crippen molar-refractivity contribution in [3.63, 3.8) is 0 Å².